The Hall–Kier alpha value is -1.73. The van der Waals surface area contributed by atoms with Crippen molar-refractivity contribution in [3.8, 4) is 0 Å². The van der Waals surface area contributed by atoms with E-state index in [9.17, 15) is 91.6 Å². The van der Waals surface area contributed by atoms with Gasteiger partial charge in [-0.1, -0.05) is 0 Å². The van der Waals surface area contributed by atoms with E-state index >= 15 is 0 Å². The zero-order chi connectivity index (χ0) is 51.7. The molecule has 22 rings (SSSR count). The molecule has 0 aromatic rings. The van der Waals surface area contributed by atoms with Crippen LogP contribution in [0.2, 0.25) is 0 Å². The van der Waals surface area contributed by atoms with Gasteiger partial charge in [-0.2, -0.15) is 0 Å². The van der Waals surface area contributed by atoms with Gasteiger partial charge in [-0.15, -0.1) is 0 Å². The van der Waals surface area contributed by atoms with E-state index in [-0.39, 0.29) is 0 Å². The first-order valence-electron chi connectivity index (χ1n) is 22.5. The number of carbonyl (C=O) groups is 1. The van der Waals surface area contributed by atoms with Crippen molar-refractivity contribution in [2.75, 3.05) is 53.4 Å². The third-order valence-electron chi connectivity index (χ3n) is 13.3. The summed E-state index contributed by atoms with van der Waals surface area (Å²) in [5.41, 5.74) is 0. The molecule has 22 fully saturated rings. The van der Waals surface area contributed by atoms with Crippen LogP contribution in [0.3, 0.4) is 0 Å². The van der Waals surface area contributed by atoms with E-state index in [1.807, 2.05) is 0 Å². The van der Waals surface area contributed by atoms with Crippen molar-refractivity contribution in [3.05, 3.63) is 0 Å². The molecule has 22 heterocycles. The van der Waals surface area contributed by atoms with Gasteiger partial charge in [0.1, 0.15) is 153 Å². The fraction of sp³-hybridized carbons (Fsp3) is 0.974. The molecule has 0 saturated carbocycles. The van der Waals surface area contributed by atoms with E-state index in [0.29, 0.717) is 0 Å². The van der Waals surface area contributed by atoms with Crippen LogP contribution in [0.15, 0.2) is 0 Å². The zero-order valence-corrected chi connectivity index (χ0v) is 37.5. The summed E-state index contributed by atoms with van der Waals surface area (Å²) in [6.45, 7) is -7.03. The quantitative estimate of drug-likeness (QED) is 0.0954. The smallest absolute Gasteiger partial charge is 0.331 e. The lowest BCUT2D eigenvalue weighted by Crippen LogP contribution is -2.69. The summed E-state index contributed by atoms with van der Waals surface area (Å²) in [6, 6.07) is 0. The summed E-state index contributed by atoms with van der Waals surface area (Å²) in [6.07, 6.45) is -58.9. The summed E-state index contributed by atoms with van der Waals surface area (Å²) in [7, 11) is 1.00. The number of aliphatic hydroxyl groups excluding tert-OH is 17. The lowest BCUT2D eigenvalue weighted by atomic mass is 9.94. The predicted octanol–water partition coefficient (Wildman–Crippen LogP) is -12.9. The molecule has 0 amide bonds. The minimum absolute atomic E-state index is 0.912. The monoisotopic (exact) mass is 1040 g/mol. The highest BCUT2D eigenvalue weighted by Crippen LogP contribution is 2.38. The first kappa shape index (κ1) is 57.0. The first-order chi connectivity index (χ1) is 33.9. The predicted molar refractivity (Wildman–Crippen MR) is 212 cm³/mol. The summed E-state index contributed by atoms with van der Waals surface area (Å²) >= 11 is 0. The van der Waals surface area contributed by atoms with E-state index in [1.165, 1.54) is 0 Å². The minimum atomic E-state index is -2.19. The summed E-state index contributed by atoms with van der Waals surface area (Å²) in [4.78, 5) is 12.3. The molecule has 0 unspecified atom stereocenters. The Morgan fingerprint density at radius 3 is 0.761 bits per heavy atom. The SMILES string of the molecule is COC(=O)CO[C@@H]1[C@@H](O)[C@H]2O[C@H]3[C@H](O)[C@@H](O)[C@@H](O[C@H]4[C@H](O)[C@@H](O)[C@@H](O[C@H]5[C@H](O)[C@@H](O)[C@@H](O[C@H]6[C@H](O)[C@@H](O)[C@@H](O[C@H]7[C@H](O)[C@@H](O)[C@@H](O[C@H]1[C@@H](CO)O2)O[C@@H]7CO)O[C@@H]6CO)O[C@@H]5CO)O[C@@H]4CO)O[C@@H]3CO. The van der Waals surface area contributed by atoms with Crippen molar-refractivity contribution in [2.45, 2.75) is 184 Å². The number of esters is 1. The standard InChI is InChI=1S/C39H64O32/c1-58-15(46)8-59-33-26(57)39-65-14(7-45)32(33)71-38-25(56)20(51)30(12(5-43)64-38)69-36-23(54)18(49)28(10(3-41)62-36)67-34-21(52)16(47)27(9(2-40)60-34)66-35-22(53)17(48)29(11(4-42)61-35)68-37-24(55)19(50)31(70-39)13(6-44)63-37/h9-14,16-45,47-57H,2-8H2,1H3/t9-,10-,11-,12-,13-,14-,16-,17-,18-,19-,20-,21-,22-,23-,24-,25-,26-,27-,28-,29-,30-,31-,32+,33-,34-,35-,36-,37-,38-,39-/m1/s1. The van der Waals surface area contributed by atoms with Gasteiger partial charge in [0.15, 0.2) is 37.7 Å². The van der Waals surface area contributed by atoms with Crippen LogP contribution in [-0.4, -0.2) is 330 Å². The van der Waals surface area contributed by atoms with Crippen LogP contribution in [0, 0.1) is 0 Å². The van der Waals surface area contributed by atoms with Crippen LogP contribution in [0.5, 0.6) is 0 Å². The Kier molecular flexibility index (Phi) is 19.7. The third kappa shape index (κ3) is 11.5. The molecule has 30 atom stereocenters. The van der Waals surface area contributed by atoms with Crippen molar-refractivity contribution in [3.63, 3.8) is 0 Å². The molecule has 12 bridgehead atoms. The summed E-state index contributed by atoms with van der Waals surface area (Å²) < 4.78 is 79.0. The second kappa shape index (κ2) is 24.5. The molecule has 71 heavy (non-hydrogen) atoms. The average molecular weight is 1040 g/mol. The maximum Gasteiger partial charge on any atom is 0.331 e. The Balaban J connectivity index is 1.22. The molecule has 0 aromatic carbocycles. The highest BCUT2D eigenvalue weighted by molar-refractivity contribution is 5.70. The molecule has 0 spiro atoms. The lowest BCUT2D eigenvalue weighted by Gasteiger charge is -2.51. The van der Waals surface area contributed by atoms with E-state index < -0.39 is 236 Å². The van der Waals surface area contributed by atoms with Crippen molar-refractivity contribution < 1.29 is 158 Å². The Labute approximate surface area is 401 Å². The fourth-order valence-electron chi connectivity index (χ4n) is 9.33. The maximum atomic E-state index is 12.3. The molecule has 17 N–H and O–H groups in total. The van der Waals surface area contributed by atoms with Crippen LogP contribution in [0.1, 0.15) is 0 Å². The van der Waals surface area contributed by atoms with Crippen molar-refractivity contribution >= 4 is 5.97 Å². The van der Waals surface area contributed by atoms with Crippen LogP contribution in [-0.2, 0) is 71.1 Å². The van der Waals surface area contributed by atoms with Gasteiger partial charge >= 0.3 is 5.97 Å². The van der Waals surface area contributed by atoms with E-state index in [4.69, 9.17) is 61.6 Å². The highest BCUT2D eigenvalue weighted by Gasteiger charge is 2.59. The average Bonchev–Trinajstić information content (AvgIpc) is 3.36. The maximum absolute atomic E-state index is 12.3. The molecule has 412 valence electrons. The van der Waals surface area contributed by atoms with Crippen molar-refractivity contribution in [2.24, 2.45) is 0 Å². The Bertz CT molecular complexity index is 1660. The number of methoxy groups -OCH3 is 1. The molecular weight excluding hydrogens is 980 g/mol. The van der Waals surface area contributed by atoms with Gasteiger partial charge in [-0.25, -0.2) is 4.79 Å². The molecule has 0 aliphatic carbocycles. The van der Waals surface area contributed by atoms with E-state index in [0.717, 1.165) is 7.11 Å². The minimum Gasteiger partial charge on any atom is -0.467 e. The first-order valence-corrected chi connectivity index (χ1v) is 22.5. The second-order valence-corrected chi connectivity index (χ2v) is 17.7. The van der Waals surface area contributed by atoms with Gasteiger partial charge in [-0.05, 0) is 0 Å². The largest absolute Gasteiger partial charge is 0.467 e. The van der Waals surface area contributed by atoms with Gasteiger partial charge < -0.3 is 153 Å². The van der Waals surface area contributed by atoms with Gasteiger partial charge in [0, 0.05) is 0 Å². The Morgan fingerprint density at radius 2 is 0.535 bits per heavy atom. The van der Waals surface area contributed by atoms with Crippen LogP contribution < -0.4 is 0 Å². The number of rotatable bonds is 9. The number of hydrogen-bond donors (Lipinski definition) is 17. The van der Waals surface area contributed by atoms with Gasteiger partial charge in [0.05, 0.1) is 46.8 Å². The molecule has 0 radical (unpaired) electrons. The van der Waals surface area contributed by atoms with Gasteiger partial charge in [0.25, 0.3) is 0 Å². The van der Waals surface area contributed by atoms with Crippen molar-refractivity contribution in [1.29, 1.82) is 0 Å². The van der Waals surface area contributed by atoms with Gasteiger partial charge in [0.2, 0.25) is 0 Å². The molecule has 22 aliphatic heterocycles. The fourth-order valence-corrected chi connectivity index (χ4v) is 9.33. The lowest BCUT2D eigenvalue weighted by molar-refractivity contribution is -0.404. The molecule has 22 aliphatic rings. The van der Waals surface area contributed by atoms with Crippen LogP contribution in [0.25, 0.3) is 0 Å². The molecule has 32 heteroatoms. The molecule has 22 saturated heterocycles. The third-order valence-corrected chi connectivity index (χ3v) is 13.3. The molecule has 32 nitrogen and oxygen atoms in total. The number of aliphatic hydroxyl groups is 17. The number of hydrogen-bond acceptors (Lipinski definition) is 32. The van der Waals surface area contributed by atoms with E-state index in [1.54, 1.807) is 0 Å². The number of ether oxygens (including phenoxy) is 14. The normalized spacial score (nSPS) is 52.2. The second-order valence-electron chi connectivity index (χ2n) is 17.7. The Morgan fingerprint density at radius 1 is 0.324 bits per heavy atom. The molecule has 0 aromatic heterocycles. The van der Waals surface area contributed by atoms with Crippen LogP contribution >= 0.6 is 0 Å². The van der Waals surface area contributed by atoms with E-state index in [2.05, 4.69) is 4.74 Å². The highest BCUT2D eigenvalue weighted by atomic mass is 16.8. The topological polar surface area (TPSA) is 490 Å². The van der Waals surface area contributed by atoms with Crippen molar-refractivity contribution in [1.82, 2.24) is 0 Å². The zero-order valence-electron chi connectivity index (χ0n) is 37.5. The number of carbonyl (C=O) groups excluding carboxylic acids is 1. The summed E-state index contributed by atoms with van der Waals surface area (Å²) in [5.74, 6) is -1.00. The molecular formula is C39H64O32. The summed E-state index contributed by atoms with van der Waals surface area (Å²) in [5, 5.41) is 187. The van der Waals surface area contributed by atoms with Gasteiger partial charge in [-0.3, -0.25) is 0 Å². The van der Waals surface area contributed by atoms with Crippen LogP contribution in [0.4, 0.5) is 0 Å².